The van der Waals surface area contributed by atoms with Gasteiger partial charge in [-0.05, 0) is 37.4 Å². The van der Waals surface area contributed by atoms with Gasteiger partial charge in [0.25, 0.3) is 0 Å². The van der Waals surface area contributed by atoms with Crippen molar-refractivity contribution in [2.75, 3.05) is 26.2 Å². The minimum absolute atomic E-state index is 0.0165. The zero-order valence-electron chi connectivity index (χ0n) is 13.3. The lowest BCUT2D eigenvalue weighted by Crippen LogP contribution is -2.43. The molecular formula is C17H26FN3O. The second kappa shape index (κ2) is 8.25. The zero-order valence-corrected chi connectivity index (χ0v) is 13.3. The first-order valence-electron chi connectivity index (χ1n) is 8.12. The monoisotopic (exact) mass is 307 g/mol. The van der Waals surface area contributed by atoms with Gasteiger partial charge in [0.05, 0.1) is 5.92 Å². The molecular weight excluding hydrogens is 281 g/mol. The molecule has 1 aromatic carbocycles. The third-order valence-corrected chi connectivity index (χ3v) is 4.30. The van der Waals surface area contributed by atoms with E-state index in [0.29, 0.717) is 26.2 Å². The minimum Gasteiger partial charge on any atom is -0.355 e. The average molecular weight is 307 g/mol. The van der Waals surface area contributed by atoms with Crippen molar-refractivity contribution in [3.63, 3.8) is 0 Å². The summed E-state index contributed by atoms with van der Waals surface area (Å²) in [7, 11) is 0. The van der Waals surface area contributed by atoms with E-state index in [1.165, 1.54) is 6.07 Å². The van der Waals surface area contributed by atoms with Crippen molar-refractivity contribution >= 4 is 5.91 Å². The molecule has 1 fully saturated rings. The van der Waals surface area contributed by atoms with Crippen LogP contribution in [0.2, 0.25) is 0 Å². The average Bonchev–Trinajstić information content (AvgIpc) is 2.54. The summed E-state index contributed by atoms with van der Waals surface area (Å²) in [6.45, 7) is 5.19. The number of amides is 1. The van der Waals surface area contributed by atoms with Crippen LogP contribution in [-0.2, 0) is 17.8 Å². The van der Waals surface area contributed by atoms with E-state index in [9.17, 15) is 9.18 Å². The van der Waals surface area contributed by atoms with E-state index >= 15 is 0 Å². The highest BCUT2D eigenvalue weighted by molar-refractivity contribution is 5.78. The Kier molecular flexibility index (Phi) is 6.34. The topological polar surface area (TPSA) is 58.4 Å². The second-order valence-corrected chi connectivity index (χ2v) is 5.89. The first kappa shape index (κ1) is 16.9. The van der Waals surface area contributed by atoms with Crippen molar-refractivity contribution in [3.05, 3.63) is 35.1 Å². The molecule has 0 bridgehead atoms. The molecule has 22 heavy (non-hydrogen) atoms. The minimum atomic E-state index is -0.144. The number of hydrogen-bond acceptors (Lipinski definition) is 3. The maximum atomic E-state index is 14.1. The molecule has 1 heterocycles. The molecule has 1 aromatic rings. The fraction of sp³-hybridized carbons (Fsp3) is 0.588. The second-order valence-electron chi connectivity index (χ2n) is 5.89. The van der Waals surface area contributed by atoms with Crippen LogP contribution in [0.1, 0.15) is 30.9 Å². The van der Waals surface area contributed by atoms with E-state index in [4.69, 9.17) is 5.73 Å². The maximum absolute atomic E-state index is 14.1. The summed E-state index contributed by atoms with van der Waals surface area (Å²) >= 11 is 0. The predicted octanol–water partition coefficient (Wildman–Crippen LogP) is 1.67. The van der Waals surface area contributed by atoms with Gasteiger partial charge in [-0.3, -0.25) is 9.69 Å². The summed E-state index contributed by atoms with van der Waals surface area (Å²) in [5, 5.41) is 2.86. The third-order valence-electron chi connectivity index (χ3n) is 4.30. The van der Waals surface area contributed by atoms with Gasteiger partial charge in [-0.15, -0.1) is 0 Å². The van der Waals surface area contributed by atoms with Crippen LogP contribution in [0.5, 0.6) is 0 Å². The lowest BCUT2D eigenvalue weighted by molar-refractivity contribution is -0.126. The van der Waals surface area contributed by atoms with Gasteiger partial charge in [0.15, 0.2) is 0 Å². The van der Waals surface area contributed by atoms with E-state index in [2.05, 4.69) is 10.2 Å². The first-order chi connectivity index (χ1) is 10.7. The summed E-state index contributed by atoms with van der Waals surface area (Å²) in [4.78, 5) is 14.3. The Morgan fingerprint density at radius 2 is 2.32 bits per heavy atom. The van der Waals surface area contributed by atoms with Crippen molar-refractivity contribution in [3.8, 4) is 0 Å². The number of halogens is 1. The highest BCUT2D eigenvalue weighted by atomic mass is 19.1. The zero-order chi connectivity index (χ0) is 15.9. The van der Waals surface area contributed by atoms with Crippen LogP contribution in [-0.4, -0.2) is 37.0 Å². The van der Waals surface area contributed by atoms with Crippen molar-refractivity contribution in [1.82, 2.24) is 10.2 Å². The van der Waals surface area contributed by atoms with E-state index < -0.39 is 0 Å². The number of nitrogens with zero attached hydrogens (tertiary/aromatic N) is 1. The van der Waals surface area contributed by atoms with E-state index in [-0.39, 0.29) is 17.6 Å². The molecule has 1 aliphatic rings. The normalized spacial score (nSPS) is 19.1. The fourth-order valence-corrected chi connectivity index (χ4v) is 3.09. The Balaban J connectivity index is 2.00. The quantitative estimate of drug-likeness (QED) is 0.840. The van der Waals surface area contributed by atoms with Gasteiger partial charge in [-0.25, -0.2) is 4.39 Å². The standard InChI is InChI=1S/C17H26FN3O/c1-2-13-5-3-7-16(18)15(13)12-21-10-4-6-14(11-21)17(22)20-9-8-19/h3,5,7,14H,2,4,6,8-12,19H2,1H3,(H,20,22). The van der Waals surface area contributed by atoms with Gasteiger partial charge in [-0.2, -0.15) is 0 Å². The van der Waals surface area contributed by atoms with Crippen LogP contribution in [0.15, 0.2) is 18.2 Å². The number of nitrogens with one attached hydrogen (secondary N) is 1. The summed E-state index contributed by atoms with van der Waals surface area (Å²) < 4.78 is 14.1. The highest BCUT2D eigenvalue weighted by Crippen LogP contribution is 2.22. The molecule has 1 atom stereocenters. The molecule has 1 amide bonds. The van der Waals surface area contributed by atoms with Crippen LogP contribution in [0, 0.1) is 11.7 Å². The lowest BCUT2D eigenvalue weighted by atomic mass is 9.95. The molecule has 2 rings (SSSR count). The maximum Gasteiger partial charge on any atom is 0.224 e. The van der Waals surface area contributed by atoms with Gasteiger partial charge >= 0.3 is 0 Å². The van der Waals surface area contributed by atoms with Crippen LogP contribution in [0.4, 0.5) is 4.39 Å². The van der Waals surface area contributed by atoms with E-state index in [1.54, 1.807) is 6.07 Å². The van der Waals surface area contributed by atoms with Crippen molar-refractivity contribution in [2.24, 2.45) is 11.7 Å². The fourth-order valence-electron chi connectivity index (χ4n) is 3.09. The number of carbonyl (C=O) groups is 1. The van der Waals surface area contributed by atoms with Gasteiger partial charge in [0.2, 0.25) is 5.91 Å². The molecule has 0 aromatic heterocycles. The van der Waals surface area contributed by atoms with Crippen molar-refractivity contribution < 1.29 is 9.18 Å². The molecule has 1 unspecified atom stereocenters. The van der Waals surface area contributed by atoms with Gasteiger partial charge in [-0.1, -0.05) is 19.1 Å². The molecule has 122 valence electrons. The lowest BCUT2D eigenvalue weighted by Gasteiger charge is -2.32. The molecule has 0 radical (unpaired) electrons. The van der Waals surface area contributed by atoms with Crippen molar-refractivity contribution in [1.29, 1.82) is 0 Å². The predicted molar refractivity (Wildman–Crippen MR) is 85.8 cm³/mol. The van der Waals surface area contributed by atoms with Crippen LogP contribution >= 0.6 is 0 Å². The van der Waals surface area contributed by atoms with Gasteiger partial charge in [0, 0.05) is 31.7 Å². The number of rotatable bonds is 6. The molecule has 5 heteroatoms. The van der Waals surface area contributed by atoms with E-state index in [0.717, 1.165) is 36.9 Å². The number of carbonyl (C=O) groups excluding carboxylic acids is 1. The molecule has 4 nitrogen and oxygen atoms in total. The molecule has 1 aliphatic heterocycles. The number of hydrogen-bond donors (Lipinski definition) is 2. The van der Waals surface area contributed by atoms with Gasteiger partial charge in [0.1, 0.15) is 5.82 Å². The Hall–Kier alpha value is -1.46. The number of nitrogens with two attached hydrogens (primary N) is 1. The van der Waals surface area contributed by atoms with Crippen LogP contribution in [0.3, 0.4) is 0 Å². The molecule has 1 saturated heterocycles. The molecule has 0 spiro atoms. The number of benzene rings is 1. The molecule has 0 saturated carbocycles. The summed E-state index contributed by atoms with van der Waals surface area (Å²) in [5.74, 6) is -0.0920. The summed E-state index contributed by atoms with van der Waals surface area (Å²) in [6.07, 6.45) is 2.68. The highest BCUT2D eigenvalue weighted by Gasteiger charge is 2.26. The smallest absolute Gasteiger partial charge is 0.224 e. The van der Waals surface area contributed by atoms with Crippen molar-refractivity contribution in [2.45, 2.75) is 32.7 Å². The van der Waals surface area contributed by atoms with Crippen LogP contribution < -0.4 is 11.1 Å². The Labute approximate surface area is 131 Å². The van der Waals surface area contributed by atoms with Gasteiger partial charge < -0.3 is 11.1 Å². The van der Waals surface area contributed by atoms with E-state index in [1.807, 2.05) is 13.0 Å². The third kappa shape index (κ3) is 4.27. The Morgan fingerprint density at radius 1 is 1.50 bits per heavy atom. The largest absolute Gasteiger partial charge is 0.355 e. The number of likely N-dealkylation sites (tertiary alicyclic amines) is 1. The SMILES string of the molecule is CCc1cccc(F)c1CN1CCCC(C(=O)NCCN)C1. The summed E-state index contributed by atoms with van der Waals surface area (Å²) in [5.41, 5.74) is 7.24. The molecule has 3 N–H and O–H groups in total. The Morgan fingerprint density at radius 3 is 3.05 bits per heavy atom. The number of piperidine rings is 1. The van der Waals surface area contributed by atoms with Crippen LogP contribution in [0.25, 0.3) is 0 Å². The molecule has 0 aliphatic carbocycles. The summed E-state index contributed by atoms with van der Waals surface area (Å²) in [6, 6.07) is 5.26. The first-order valence-corrected chi connectivity index (χ1v) is 8.12. The number of aryl methyl sites for hydroxylation is 1. The Bertz CT molecular complexity index is 507.